The minimum atomic E-state index is -0.290. The zero-order valence-corrected chi connectivity index (χ0v) is 13.5. The van der Waals surface area contributed by atoms with Crippen LogP contribution in [-0.2, 0) is 20.9 Å². The number of rotatable bonds is 6. The maximum absolute atomic E-state index is 12.1. The number of hydrogen-bond donors (Lipinski definition) is 0. The summed E-state index contributed by atoms with van der Waals surface area (Å²) >= 11 is 0. The Balaban J connectivity index is 1.71. The average molecular weight is 307 g/mol. The number of nitrogens with zero attached hydrogens (tertiary/aromatic N) is 3. The smallest absolute Gasteiger partial charge is 0.306 e. The summed E-state index contributed by atoms with van der Waals surface area (Å²) in [6.45, 7) is 6.67. The van der Waals surface area contributed by atoms with E-state index in [1.807, 2.05) is 24.2 Å². The Labute approximate surface area is 131 Å². The molecule has 2 heterocycles. The van der Waals surface area contributed by atoms with Crippen LogP contribution in [0.1, 0.15) is 38.4 Å². The maximum Gasteiger partial charge on any atom is 0.306 e. The van der Waals surface area contributed by atoms with Crippen LogP contribution in [0.3, 0.4) is 0 Å². The molecule has 0 aromatic carbocycles. The van der Waals surface area contributed by atoms with Crippen molar-refractivity contribution in [2.75, 3.05) is 19.7 Å². The Morgan fingerprint density at radius 1 is 1.32 bits per heavy atom. The van der Waals surface area contributed by atoms with Gasteiger partial charge in [0, 0.05) is 38.4 Å². The first kappa shape index (κ1) is 16.5. The molecule has 1 fully saturated rings. The molecular formula is C16H25N3O3. The molecule has 122 valence electrons. The Morgan fingerprint density at radius 3 is 2.64 bits per heavy atom. The van der Waals surface area contributed by atoms with Gasteiger partial charge in [-0.1, -0.05) is 0 Å². The van der Waals surface area contributed by atoms with E-state index in [1.54, 1.807) is 6.92 Å². The second-order valence-corrected chi connectivity index (χ2v) is 5.76. The van der Waals surface area contributed by atoms with Gasteiger partial charge in [-0.05, 0) is 32.6 Å². The van der Waals surface area contributed by atoms with Crippen LogP contribution >= 0.6 is 0 Å². The fraction of sp³-hybridized carbons (Fsp3) is 0.688. The lowest BCUT2D eigenvalue weighted by molar-refractivity contribution is -0.146. The highest BCUT2D eigenvalue weighted by Gasteiger charge is 2.23. The van der Waals surface area contributed by atoms with Gasteiger partial charge in [-0.15, -0.1) is 0 Å². The van der Waals surface area contributed by atoms with Gasteiger partial charge in [0.2, 0.25) is 5.91 Å². The zero-order chi connectivity index (χ0) is 15.9. The summed E-state index contributed by atoms with van der Waals surface area (Å²) < 4.78 is 7.02. The van der Waals surface area contributed by atoms with Crippen molar-refractivity contribution in [1.29, 1.82) is 0 Å². The number of likely N-dealkylation sites (tertiary alicyclic amines) is 1. The van der Waals surface area contributed by atoms with E-state index >= 15 is 0 Å². The second-order valence-electron chi connectivity index (χ2n) is 5.76. The van der Waals surface area contributed by atoms with E-state index in [0.29, 0.717) is 12.5 Å². The van der Waals surface area contributed by atoms with Gasteiger partial charge in [0.1, 0.15) is 5.82 Å². The Kier molecular flexibility index (Phi) is 5.98. The molecule has 0 N–H and O–H groups in total. The molecule has 0 unspecified atom stereocenters. The van der Waals surface area contributed by atoms with Crippen LogP contribution in [0.15, 0.2) is 12.4 Å². The van der Waals surface area contributed by atoms with Gasteiger partial charge < -0.3 is 14.2 Å². The molecule has 1 saturated heterocycles. The number of carbonyl (C=O) groups excluding carboxylic acids is 2. The lowest BCUT2D eigenvalue weighted by Gasteiger charge is -2.32. The number of piperidine rings is 1. The van der Waals surface area contributed by atoms with Crippen LogP contribution in [0.5, 0.6) is 0 Å². The molecule has 1 aromatic heterocycles. The van der Waals surface area contributed by atoms with Gasteiger partial charge in [-0.25, -0.2) is 4.98 Å². The third-order valence-electron chi connectivity index (χ3n) is 4.19. The van der Waals surface area contributed by atoms with E-state index in [-0.39, 0.29) is 24.7 Å². The molecule has 1 amide bonds. The first-order chi connectivity index (χ1) is 10.6. The van der Waals surface area contributed by atoms with Crippen molar-refractivity contribution < 1.29 is 14.3 Å². The molecule has 6 heteroatoms. The van der Waals surface area contributed by atoms with Crippen molar-refractivity contribution in [1.82, 2.24) is 14.5 Å². The molecule has 2 rings (SSSR count). The Hall–Kier alpha value is -1.85. The summed E-state index contributed by atoms with van der Waals surface area (Å²) in [5.74, 6) is 1.39. The van der Waals surface area contributed by atoms with E-state index in [0.717, 1.165) is 38.3 Å². The first-order valence-corrected chi connectivity index (χ1v) is 8.01. The fourth-order valence-corrected chi connectivity index (χ4v) is 2.84. The van der Waals surface area contributed by atoms with Crippen molar-refractivity contribution in [2.45, 2.75) is 46.1 Å². The fourth-order valence-electron chi connectivity index (χ4n) is 2.84. The Bertz CT molecular complexity index is 504. The van der Waals surface area contributed by atoms with Gasteiger partial charge in [0.25, 0.3) is 0 Å². The van der Waals surface area contributed by atoms with Gasteiger partial charge in [-0.2, -0.15) is 0 Å². The first-order valence-electron chi connectivity index (χ1n) is 8.01. The quantitative estimate of drug-likeness (QED) is 0.751. The van der Waals surface area contributed by atoms with E-state index in [4.69, 9.17) is 4.74 Å². The van der Waals surface area contributed by atoms with Crippen LogP contribution in [0.4, 0.5) is 0 Å². The van der Waals surface area contributed by atoms with Crippen molar-refractivity contribution in [3.05, 3.63) is 18.2 Å². The summed E-state index contributed by atoms with van der Waals surface area (Å²) in [6, 6.07) is 0. The van der Waals surface area contributed by atoms with Crippen LogP contribution < -0.4 is 0 Å². The summed E-state index contributed by atoms with van der Waals surface area (Å²) in [6.07, 6.45) is 6.27. The standard InChI is InChI=1S/C16H25N3O3/c1-3-22-16(21)5-4-15(20)18-9-6-14(7-10-18)12-19-11-8-17-13(19)2/h8,11,14H,3-7,9-10,12H2,1-2H3. The van der Waals surface area contributed by atoms with Crippen molar-refractivity contribution >= 4 is 11.9 Å². The van der Waals surface area contributed by atoms with E-state index in [2.05, 4.69) is 9.55 Å². The van der Waals surface area contributed by atoms with Crippen molar-refractivity contribution in [2.24, 2.45) is 5.92 Å². The molecule has 1 aliphatic heterocycles. The highest BCUT2D eigenvalue weighted by Crippen LogP contribution is 2.20. The van der Waals surface area contributed by atoms with Crippen molar-refractivity contribution in [3.63, 3.8) is 0 Å². The van der Waals surface area contributed by atoms with Crippen LogP contribution in [0.25, 0.3) is 0 Å². The van der Waals surface area contributed by atoms with E-state index in [1.165, 1.54) is 0 Å². The molecule has 1 aliphatic rings. The molecule has 0 bridgehead atoms. The zero-order valence-electron chi connectivity index (χ0n) is 13.5. The number of aryl methyl sites for hydroxylation is 1. The van der Waals surface area contributed by atoms with Crippen LogP contribution in [0.2, 0.25) is 0 Å². The topological polar surface area (TPSA) is 64.4 Å². The van der Waals surface area contributed by atoms with Gasteiger partial charge in [0.05, 0.1) is 13.0 Å². The van der Waals surface area contributed by atoms with Gasteiger partial charge in [-0.3, -0.25) is 9.59 Å². The number of carbonyl (C=O) groups is 2. The lowest BCUT2D eigenvalue weighted by atomic mass is 9.96. The predicted molar refractivity (Wildman–Crippen MR) is 82.1 cm³/mol. The molecule has 0 aliphatic carbocycles. The molecule has 1 aromatic rings. The lowest BCUT2D eigenvalue weighted by Crippen LogP contribution is -2.39. The maximum atomic E-state index is 12.1. The summed E-state index contributed by atoms with van der Waals surface area (Å²) in [7, 11) is 0. The molecule has 0 atom stereocenters. The highest BCUT2D eigenvalue weighted by atomic mass is 16.5. The normalized spacial score (nSPS) is 15.8. The van der Waals surface area contributed by atoms with E-state index in [9.17, 15) is 9.59 Å². The number of hydrogen-bond acceptors (Lipinski definition) is 4. The molecule has 0 spiro atoms. The molecule has 22 heavy (non-hydrogen) atoms. The third-order valence-corrected chi connectivity index (χ3v) is 4.19. The number of esters is 1. The average Bonchev–Trinajstić information content (AvgIpc) is 2.91. The number of aromatic nitrogens is 2. The summed E-state index contributed by atoms with van der Waals surface area (Å²) in [5.41, 5.74) is 0. The summed E-state index contributed by atoms with van der Waals surface area (Å²) in [5, 5.41) is 0. The number of amides is 1. The summed E-state index contributed by atoms with van der Waals surface area (Å²) in [4.78, 5) is 29.5. The molecule has 0 radical (unpaired) electrons. The minimum absolute atomic E-state index is 0.0605. The largest absolute Gasteiger partial charge is 0.466 e. The second kappa shape index (κ2) is 7.96. The molecule has 6 nitrogen and oxygen atoms in total. The predicted octanol–water partition coefficient (Wildman–Crippen LogP) is 1.77. The van der Waals surface area contributed by atoms with Gasteiger partial charge in [0.15, 0.2) is 0 Å². The van der Waals surface area contributed by atoms with Crippen LogP contribution in [0, 0.1) is 12.8 Å². The van der Waals surface area contributed by atoms with Gasteiger partial charge >= 0.3 is 5.97 Å². The van der Waals surface area contributed by atoms with Crippen molar-refractivity contribution in [3.8, 4) is 0 Å². The third kappa shape index (κ3) is 4.58. The Morgan fingerprint density at radius 2 is 2.05 bits per heavy atom. The minimum Gasteiger partial charge on any atom is -0.466 e. The highest BCUT2D eigenvalue weighted by molar-refractivity contribution is 5.81. The number of imidazole rings is 1. The molecular weight excluding hydrogens is 282 g/mol. The van der Waals surface area contributed by atoms with Crippen LogP contribution in [-0.4, -0.2) is 46.0 Å². The number of ether oxygens (including phenoxy) is 1. The SMILES string of the molecule is CCOC(=O)CCC(=O)N1CCC(Cn2ccnc2C)CC1. The molecule has 0 saturated carbocycles. The monoisotopic (exact) mass is 307 g/mol. The van der Waals surface area contributed by atoms with E-state index < -0.39 is 0 Å².